The summed E-state index contributed by atoms with van der Waals surface area (Å²) in [6.45, 7) is 2.06. The maximum atomic E-state index is 10.9. The van der Waals surface area contributed by atoms with E-state index in [4.69, 9.17) is 11.5 Å². The van der Waals surface area contributed by atoms with Crippen LogP contribution in [0.25, 0.3) is 0 Å². The highest BCUT2D eigenvalue weighted by Crippen LogP contribution is 2.15. The third kappa shape index (κ3) is 2.53. The van der Waals surface area contributed by atoms with Crippen molar-refractivity contribution in [1.82, 2.24) is 4.98 Å². The van der Waals surface area contributed by atoms with E-state index < -0.39 is 5.91 Å². The lowest BCUT2D eigenvalue weighted by Gasteiger charge is -2.10. The summed E-state index contributed by atoms with van der Waals surface area (Å²) in [5.74, 6) is -0.469. The first kappa shape index (κ1) is 10.7. The predicted molar refractivity (Wildman–Crippen MR) is 54.6 cm³/mol. The topological polar surface area (TPSA) is 82.0 Å². The highest BCUT2D eigenvalue weighted by molar-refractivity contribution is 5.92. The van der Waals surface area contributed by atoms with Gasteiger partial charge in [0.2, 0.25) is 5.91 Å². The summed E-state index contributed by atoms with van der Waals surface area (Å²) in [6, 6.07) is 1.64. The first-order valence-corrected chi connectivity index (χ1v) is 4.65. The molecule has 0 bridgehead atoms. The molecule has 0 aliphatic rings. The zero-order valence-corrected chi connectivity index (χ0v) is 8.23. The first-order chi connectivity index (χ1) is 6.65. The number of aromatic nitrogens is 1. The number of nitrogens with zero attached hydrogens (tertiary/aromatic N) is 1. The van der Waals surface area contributed by atoms with Gasteiger partial charge in [0.05, 0.1) is 5.56 Å². The molecular weight excluding hydrogens is 178 g/mol. The Bertz CT molecular complexity index is 325. The number of primary amides is 1. The zero-order valence-electron chi connectivity index (χ0n) is 8.23. The van der Waals surface area contributed by atoms with Crippen molar-refractivity contribution in [3.8, 4) is 0 Å². The Morgan fingerprint density at radius 3 is 2.86 bits per heavy atom. The SMILES string of the molecule is CCC[C@@H](N)c1cncc(C(N)=O)c1. The average Bonchev–Trinajstić information content (AvgIpc) is 2.18. The van der Waals surface area contributed by atoms with Gasteiger partial charge < -0.3 is 11.5 Å². The number of hydrogen-bond acceptors (Lipinski definition) is 3. The summed E-state index contributed by atoms with van der Waals surface area (Å²) < 4.78 is 0. The molecule has 0 aliphatic carbocycles. The van der Waals surface area contributed by atoms with Gasteiger partial charge in [0, 0.05) is 18.4 Å². The van der Waals surface area contributed by atoms with Gasteiger partial charge in [-0.1, -0.05) is 13.3 Å². The fraction of sp³-hybridized carbons (Fsp3) is 0.400. The van der Waals surface area contributed by atoms with Crippen LogP contribution in [-0.2, 0) is 0 Å². The smallest absolute Gasteiger partial charge is 0.250 e. The predicted octanol–water partition coefficient (Wildman–Crippen LogP) is 0.980. The standard InChI is InChI=1S/C10H15N3O/c1-2-3-9(11)7-4-8(10(12)14)6-13-5-7/h4-6,9H,2-3,11H2,1H3,(H2,12,14)/t9-/m1/s1. The van der Waals surface area contributed by atoms with Crippen LogP contribution in [0, 0.1) is 0 Å². The molecule has 14 heavy (non-hydrogen) atoms. The summed E-state index contributed by atoms with van der Waals surface area (Å²) in [5.41, 5.74) is 12.3. The molecule has 1 rings (SSSR count). The van der Waals surface area contributed by atoms with Crippen LogP contribution >= 0.6 is 0 Å². The molecule has 0 spiro atoms. The van der Waals surface area contributed by atoms with Crippen LogP contribution in [0.3, 0.4) is 0 Å². The largest absolute Gasteiger partial charge is 0.366 e. The van der Waals surface area contributed by atoms with Crippen LogP contribution < -0.4 is 11.5 Å². The monoisotopic (exact) mass is 193 g/mol. The fourth-order valence-corrected chi connectivity index (χ4v) is 1.27. The highest BCUT2D eigenvalue weighted by Gasteiger charge is 2.07. The van der Waals surface area contributed by atoms with E-state index in [2.05, 4.69) is 11.9 Å². The van der Waals surface area contributed by atoms with Gasteiger partial charge in [-0.05, 0) is 18.1 Å². The highest BCUT2D eigenvalue weighted by atomic mass is 16.1. The van der Waals surface area contributed by atoms with Gasteiger partial charge in [0.25, 0.3) is 0 Å². The lowest BCUT2D eigenvalue weighted by Crippen LogP contribution is -2.15. The molecule has 4 heteroatoms. The van der Waals surface area contributed by atoms with E-state index in [1.54, 1.807) is 12.3 Å². The molecule has 0 saturated heterocycles. The number of nitrogens with two attached hydrogens (primary N) is 2. The number of hydrogen-bond donors (Lipinski definition) is 2. The lowest BCUT2D eigenvalue weighted by atomic mass is 10.0. The van der Waals surface area contributed by atoms with Crippen molar-refractivity contribution in [3.05, 3.63) is 29.6 Å². The molecule has 0 aliphatic heterocycles. The van der Waals surface area contributed by atoms with E-state index in [0.29, 0.717) is 5.56 Å². The van der Waals surface area contributed by atoms with Gasteiger partial charge in [0.15, 0.2) is 0 Å². The minimum Gasteiger partial charge on any atom is -0.366 e. The molecule has 4 N–H and O–H groups in total. The lowest BCUT2D eigenvalue weighted by molar-refractivity contribution is 0.1000. The minimum absolute atomic E-state index is 0.0631. The van der Waals surface area contributed by atoms with Crippen LogP contribution in [-0.4, -0.2) is 10.9 Å². The average molecular weight is 193 g/mol. The normalized spacial score (nSPS) is 12.4. The second-order valence-corrected chi connectivity index (χ2v) is 3.27. The molecule has 0 saturated carbocycles. The molecule has 1 amide bonds. The molecular formula is C10H15N3O. The second-order valence-electron chi connectivity index (χ2n) is 3.27. The molecule has 1 heterocycles. The van der Waals surface area contributed by atoms with E-state index in [1.165, 1.54) is 6.20 Å². The van der Waals surface area contributed by atoms with Crippen molar-refractivity contribution in [1.29, 1.82) is 0 Å². The number of rotatable bonds is 4. The molecule has 0 unspecified atom stereocenters. The number of carbonyl (C=O) groups excluding carboxylic acids is 1. The van der Waals surface area contributed by atoms with Crippen LogP contribution in [0.1, 0.15) is 41.7 Å². The summed E-state index contributed by atoms with van der Waals surface area (Å²) in [7, 11) is 0. The number of amides is 1. The third-order valence-electron chi connectivity index (χ3n) is 2.07. The Morgan fingerprint density at radius 2 is 2.29 bits per heavy atom. The van der Waals surface area contributed by atoms with E-state index in [1.807, 2.05) is 0 Å². The van der Waals surface area contributed by atoms with Gasteiger partial charge in [0.1, 0.15) is 0 Å². The Labute approximate surface area is 83.3 Å². The van der Waals surface area contributed by atoms with Crippen molar-refractivity contribution in [2.75, 3.05) is 0 Å². The van der Waals surface area contributed by atoms with Crippen molar-refractivity contribution < 1.29 is 4.79 Å². The number of carbonyl (C=O) groups is 1. The third-order valence-corrected chi connectivity index (χ3v) is 2.07. The quantitative estimate of drug-likeness (QED) is 0.747. The molecule has 76 valence electrons. The maximum Gasteiger partial charge on any atom is 0.250 e. The first-order valence-electron chi connectivity index (χ1n) is 4.65. The number of pyridine rings is 1. The van der Waals surface area contributed by atoms with Gasteiger partial charge in [-0.2, -0.15) is 0 Å². The van der Waals surface area contributed by atoms with Gasteiger partial charge in [-0.15, -0.1) is 0 Å². The van der Waals surface area contributed by atoms with E-state index in [0.717, 1.165) is 18.4 Å². The molecule has 0 radical (unpaired) electrons. The second kappa shape index (κ2) is 4.72. The Balaban J connectivity index is 2.87. The Hall–Kier alpha value is -1.42. The molecule has 1 aromatic heterocycles. The molecule has 4 nitrogen and oxygen atoms in total. The minimum atomic E-state index is -0.469. The van der Waals surface area contributed by atoms with Crippen molar-refractivity contribution >= 4 is 5.91 Å². The van der Waals surface area contributed by atoms with E-state index in [9.17, 15) is 4.79 Å². The molecule has 1 atom stereocenters. The Kier molecular flexibility index (Phi) is 3.59. The Morgan fingerprint density at radius 1 is 1.57 bits per heavy atom. The molecule has 1 aromatic rings. The van der Waals surface area contributed by atoms with Crippen LogP contribution in [0.2, 0.25) is 0 Å². The zero-order chi connectivity index (χ0) is 10.6. The van der Waals surface area contributed by atoms with E-state index in [-0.39, 0.29) is 6.04 Å². The van der Waals surface area contributed by atoms with Crippen molar-refractivity contribution in [3.63, 3.8) is 0 Å². The van der Waals surface area contributed by atoms with Gasteiger partial charge >= 0.3 is 0 Å². The van der Waals surface area contributed by atoms with Crippen LogP contribution in [0.15, 0.2) is 18.5 Å². The molecule has 0 fully saturated rings. The van der Waals surface area contributed by atoms with Crippen LogP contribution in [0.4, 0.5) is 0 Å². The molecule has 0 aromatic carbocycles. The van der Waals surface area contributed by atoms with Crippen molar-refractivity contribution in [2.24, 2.45) is 11.5 Å². The summed E-state index contributed by atoms with van der Waals surface area (Å²) >= 11 is 0. The van der Waals surface area contributed by atoms with Gasteiger partial charge in [-0.25, -0.2) is 0 Å². The summed E-state index contributed by atoms with van der Waals surface area (Å²) in [5, 5.41) is 0. The van der Waals surface area contributed by atoms with Crippen molar-refractivity contribution in [2.45, 2.75) is 25.8 Å². The summed E-state index contributed by atoms with van der Waals surface area (Å²) in [4.78, 5) is 14.8. The summed E-state index contributed by atoms with van der Waals surface area (Å²) in [6.07, 6.45) is 5.00. The maximum absolute atomic E-state index is 10.9. The van der Waals surface area contributed by atoms with E-state index >= 15 is 0 Å². The fourth-order valence-electron chi connectivity index (χ4n) is 1.27. The van der Waals surface area contributed by atoms with Crippen LogP contribution in [0.5, 0.6) is 0 Å². The van der Waals surface area contributed by atoms with Gasteiger partial charge in [-0.3, -0.25) is 9.78 Å².